The highest BCUT2D eigenvalue weighted by molar-refractivity contribution is 8.18. The number of halogens is 2. The van der Waals surface area contributed by atoms with Crippen LogP contribution in [0.5, 0.6) is 5.75 Å². The minimum absolute atomic E-state index is 0.0449. The molecular formula is C19H16Cl2N2O3S. The first-order chi connectivity index (χ1) is 13.0. The summed E-state index contributed by atoms with van der Waals surface area (Å²) < 4.78 is 5.39. The molecule has 1 aliphatic rings. The number of anilines is 1. The molecule has 5 nitrogen and oxygen atoms in total. The third-order valence-corrected chi connectivity index (χ3v) is 5.37. The molecule has 1 fully saturated rings. The van der Waals surface area contributed by atoms with Crippen molar-refractivity contribution in [1.82, 2.24) is 4.90 Å². The summed E-state index contributed by atoms with van der Waals surface area (Å²) in [4.78, 5) is 26.2. The summed E-state index contributed by atoms with van der Waals surface area (Å²) in [6, 6.07) is 12.3. The maximum absolute atomic E-state index is 12.5. The first-order valence-electron chi connectivity index (χ1n) is 8.15. The van der Waals surface area contributed by atoms with Crippen LogP contribution < -0.4 is 10.1 Å². The number of benzene rings is 2. The van der Waals surface area contributed by atoms with Gasteiger partial charge in [-0.3, -0.25) is 14.5 Å². The standard InChI is InChI=1S/C19H16Cl2N2O3S/c1-2-26-14-6-3-12(4-7-14)9-17-18(24)23(19(25)27-17)11-22-13-5-8-15(20)16(21)10-13/h3-10,22H,2,11H2,1H3. The number of hydrogen-bond acceptors (Lipinski definition) is 5. The van der Waals surface area contributed by atoms with Gasteiger partial charge in [-0.15, -0.1) is 0 Å². The van der Waals surface area contributed by atoms with Gasteiger partial charge in [0.2, 0.25) is 0 Å². The molecule has 8 heteroatoms. The van der Waals surface area contributed by atoms with Crippen molar-refractivity contribution in [3.8, 4) is 5.75 Å². The van der Waals surface area contributed by atoms with Crippen molar-refractivity contribution in [2.24, 2.45) is 0 Å². The molecule has 0 aromatic heterocycles. The maximum atomic E-state index is 12.5. The Kier molecular flexibility index (Phi) is 6.31. The molecule has 0 bridgehead atoms. The predicted octanol–water partition coefficient (Wildman–Crippen LogP) is 5.50. The van der Waals surface area contributed by atoms with E-state index in [1.165, 1.54) is 0 Å². The molecule has 0 aliphatic carbocycles. The topological polar surface area (TPSA) is 58.6 Å². The summed E-state index contributed by atoms with van der Waals surface area (Å²) in [6.45, 7) is 2.54. The van der Waals surface area contributed by atoms with Gasteiger partial charge >= 0.3 is 0 Å². The van der Waals surface area contributed by atoms with E-state index in [4.69, 9.17) is 27.9 Å². The van der Waals surface area contributed by atoms with Crippen molar-refractivity contribution in [1.29, 1.82) is 0 Å². The number of hydrogen-bond donors (Lipinski definition) is 1. The van der Waals surface area contributed by atoms with Crippen molar-refractivity contribution in [2.45, 2.75) is 6.92 Å². The summed E-state index contributed by atoms with van der Waals surface area (Å²) in [6.07, 6.45) is 1.69. The third-order valence-electron chi connectivity index (χ3n) is 3.72. The number of nitrogens with zero attached hydrogens (tertiary/aromatic N) is 1. The number of amides is 2. The molecule has 0 atom stereocenters. The zero-order chi connectivity index (χ0) is 19.4. The zero-order valence-corrected chi connectivity index (χ0v) is 16.7. The van der Waals surface area contributed by atoms with Gasteiger partial charge in [0.15, 0.2) is 0 Å². The van der Waals surface area contributed by atoms with Gasteiger partial charge in [-0.1, -0.05) is 35.3 Å². The Labute approximate surface area is 171 Å². The SMILES string of the molecule is CCOc1ccc(C=C2SC(=O)N(CNc3ccc(Cl)c(Cl)c3)C2=O)cc1. The number of rotatable bonds is 6. The Morgan fingerprint density at radius 3 is 2.52 bits per heavy atom. The van der Waals surface area contributed by atoms with Crippen molar-refractivity contribution >= 4 is 57.9 Å². The fourth-order valence-corrected chi connectivity index (χ4v) is 3.53. The van der Waals surface area contributed by atoms with Crippen molar-refractivity contribution in [3.05, 3.63) is 63.0 Å². The van der Waals surface area contributed by atoms with E-state index in [1.54, 1.807) is 24.3 Å². The Balaban J connectivity index is 1.67. The fourth-order valence-electron chi connectivity index (χ4n) is 2.39. The van der Waals surface area contributed by atoms with Crippen LogP contribution >= 0.6 is 35.0 Å². The van der Waals surface area contributed by atoms with E-state index in [9.17, 15) is 9.59 Å². The molecular weight excluding hydrogens is 407 g/mol. The molecule has 3 rings (SSSR count). The Bertz CT molecular complexity index is 900. The number of nitrogens with one attached hydrogen (secondary N) is 1. The summed E-state index contributed by atoms with van der Waals surface area (Å²) in [7, 11) is 0. The van der Waals surface area contributed by atoms with Crippen molar-refractivity contribution < 1.29 is 14.3 Å². The molecule has 1 aliphatic heterocycles. The van der Waals surface area contributed by atoms with Crippen LogP contribution in [0.3, 0.4) is 0 Å². The highest BCUT2D eigenvalue weighted by atomic mass is 35.5. The van der Waals surface area contributed by atoms with E-state index in [0.717, 1.165) is 28.0 Å². The molecule has 2 amide bonds. The minimum atomic E-state index is -0.341. The maximum Gasteiger partial charge on any atom is 0.295 e. The average molecular weight is 423 g/mol. The Morgan fingerprint density at radius 2 is 1.85 bits per heavy atom. The van der Waals surface area contributed by atoms with Gasteiger partial charge in [0.05, 0.1) is 28.2 Å². The van der Waals surface area contributed by atoms with Crippen LogP contribution in [0.1, 0.15) is 12.5 Å². The van der Waals surface area contributed by atoms with Gasteiger partial charge in [-0.25, -0.2) is 0 Å². The highest BCUT2D eigenvalue weighted by Crippen LogP contribution is 2.32. The van der Waals surface area contributed by atoms with Crippen molar-refractivity contribution in [3.63, 3.8) is 0 Å². The first-order valence-corrected chi connectivity index (χ1v) is 9.72. The molecule has 0 unspecified atom stereocenters. The summed E-state index contributed by atoms with van der Waals surface area (Å²) in [5.41, 5.74) is 1.49. The molecule has 0 saturated carbocycles. The zero-order valence-electron chi connectivity index (χ0n) is 14.4. The van der Waals surface area contributed by atoms with E-state index in [0.29, 0.717) is 27.2 Å². The number of imide groups is 1. The van der Waals surface area contributed by atoms with Gasteiger partial charge in [0, 0.05) is 5.69 Å². The lowest BCUT2D eigenvalue weighted by molar-refractivity contribution is -0.122. The van der Waals surface area contributed by atoms with E-state index in [-0.39, 0.29) is 17.8 Å². The molecule has 27 heavy (non-hydrogen) atoms. The second-order valence-corrected chi connectivity index (χ2v) is 7.38. The van der Waals surface area contributed by atoms with E-state index in [2.05, 4.69) is 5.32 Å². The molecule has 2 aromatic carbocycles. The van der Waals surface area contributed by atoms with E-state index in [1.807, 2.05) is 31.2 Å². The average Bonchev–Trinajstić information content (AvgIpc) is 2.91. The summed E-state index contributed by atoms with van der Waals surface area (Å²) in [5, 5.41) is 3.51. The second-order valence-electron chi connectivity index (χ2n) is 5.58. The Morgan fingerprint density at radius 1 is 1.11 bits per heavy atom. The van der Waals surface area contributed by atoms with Gasteiger partial charge in [-0.2, -0.15) is 0 Å². The van der Waals surface area contributed by atoms with Crippen LogP contribution in [0.25, 0.3) is 6.08 Å². The molecule has 0 spiro atoms. The van der Waals surface area contributed by atoms with Crippen LogP contribution in [0.15, 0.2) is 47.4 Å². The number of ether oxygens (including phenoxy) is 1. The number of thioether (sulfide) groups is 1. The third kappa shape index (κ3) is 4.77. The largest absolute Gasteiger partial charge is 0.494 e. The van der Waals surface area contributed by atoms with Gasteiger partial charge in [0.25, 0.3) is 11.1 Å². The van der Waals surface area contributed by atoms with E-state index < -0.39 is 0 Å². The smallest absolute Gasteiger partial charge is 0.295 e. The van der Waals surface area contributed by atoms with Crippen LogP contribution in [0.2, 0.25) is 10.0 Å². The molecule has 140 valence electrons. The van der Waals surface area contributed by atoms with Crippen LogP contribution in [0, 0.1) is 0 Å². The van der Waals surface area contributed by atoms with Crippen LogP contribution in [-0.2, 0) is 4.79 Å². The van der Waals surface area contributed by atoms with Gasteiger partial charge in [0.1, 0.15) is 5.75 Å². The molecule has 0 radical (unpaired) electrons. The van der Waals surface area contributed by atoms with Crippen LogP contribution in [-0.4, -0.2) is 29.3 Å². The predicted molar refractivity (Wildman–Crippen MR) is 110 cm³/mol. The minimum Gasteiger partial charge on any atom is -0.494 e. The summed E-state index contributed by atoms with van der Waals surface area (Å²) >= 11 is 12.8. The number of carbonyl (C=O) groups excluding carboxylic acids is 2. The normalized spacial score (nSPS) is 15.5. The number of carbonyl (C=O) groups is 2. The lowest BCUT2D eigenvalue weighted by Crippen LogP contribution is -2.33. The monoisotopic (exact) mass is 422 g/mol. The first kappa shape index (κ1) is 19.6. The molecule has 1 heterocycles. The van der Waals surface area contributed by atoms with E-state index >= 15 is 0 Å². The van der Waals surface area contributed by atoms with Crippen LogP contribution in [0.4, 0.5) is 10.5 Å². The van der Waals surface area contributed by atoms with Gasteiger partial charge < -0.3 is 10.1 Å². The quantitative estimate of drug-likeness (QED) is 0.622. The molecule has 2 aromatic rings. The Hall–Kier alpha value is -2.15. The summed E-state index contributed by atoms with van der Waals surface area (Å²) in [5.74, 6) is 0.417. The molecule has 1 saturated heterocycles. The molecule has 1 N–H and O–H groups in total. The highest BCUT2D eigenvalue weighted by Gasteiger charge is 2.34. The lowest BCUT2D eigenvalue weighted by Gasteiger charge is -2.14. The lowest BCUT2D eigenvalue weighted by atomic mass is 10.2. The second kappa shape index (κ2) is 8.69. The van der Waals surface area contributed by atoms with Gasteiger partial charge in [-0.05, 0) is 60.7 Å². The van der Waals surface area contributed by atoms with Crippen molar-refractivity contribution in [2.75, 3.05) is 18.6 Å². The fraction of sp³-hybridized carbons (Fsp3) is 0.158.